The number of rotatable bonds is 16. The van der Waals surface area contributed by atoms with Gasteiger partial charge in [-0.3, -0.25) is 19.4 Å². The van der Waals surface area contributed by atoms with Crippen molar-refractivity contribution in [2.75, 3.05) is 50.1 Å². The first kappa shape index (κ1) is 53.3. The van der Waals surface area contributed by atoms with Crippen LogP contribution in [-0.2, 0) is 16.5 Å². The molecule has 0 bridgehead atoms. The zero-order valence-corrected chi connectivity index (χ0v) is 42.7. The number of hydrogen-bond donors (Lipinski definition) is 5. The first-order valence-electron chi connectivity index (χ1n) is 25.1. The molecule has 8 heterocycles. The normalized spacial score (nSPS) is 15.3. The standard InChI is InChI=1S/C28H25F2N7O4.C27H23F2N7O4/c1-36-15-22(34-27(38)21-14-33-37-10-3-8-32-26(21)37)25(35-36)20-13-19(6-7-24(20)41-28(29)30)40-18-5-2-4-17(12-18)23-16-39-11-9-31-23;28-27(29)40-22-6-5-18(39-17-4-1-3-16(11-17)23-15-30-8-10-38-23)12-19(22)24-21(14-32-35-24)34-26(37)20-13-33-36-9-2-7-31-25(20)36/h2-8,10,12-15,23,28,31H,9,11,16H2,1H3,(H,34,38);1-7,9,11-14,23,27,30H,8,10,15H2,(H,32,35)(H,34,37)/t2*23-/m10/s1. The Balaban J connectivity index is 0.000000170. The van der Waals surface area contributed by atoms with E-state index in [2.05, 4.69) is 56.7 Å². The van der Waals surface area contributed by atoms with E-state index in [0.29, 0.717) is 60.7 Å². The highest BCUT2D eigenvalue weighted by molar-refractivity contribution is 6.10. The molecule has 2 atom stereocenters. The Morgan fingerprint density at radius 2 is 1.30 bits per heavy atom. The molecule has 2 amide bonds. The van der Waals surface area contributed by atoms with Gasteiger partial charge in [-0.2, -0.15) is 38.0 Å². The van der Waals surface area contributed by atoms with Crippen LogP contribution in [0.3, 0.4) is 0 Å². The van der Waals surface area contributed by atoms with Crippen LogP contribution in [0.2, 0.25) is 0 Å². The Morgan fingerprint density at radius 1 is 0.691 bits per heavy atom. The number of nitrogens with zero attached hydrogens (tertiary/aromatic N) is 9. The summed E-state index contributed by atoms with van der Waals surface area (Å²) in [6.45, 7) is -2.09. The molecule has 0 spiro atoms. The lowest BCUT2D eigenvalue weighted by atomic mass is 10.1. The van der Waals surface area contributed by atoms with Gasteiger partial charge in [0.1, 0.15) is 51.3 Å². The van der Waals surface area contributed by atoms with Crippen molar-refractivity contribution < 1.29 is 55.6 Å². The van der Waals surface area contributed by atoms with Crippen molar-refractivity contribution in [3.8, 4) is 57.0 Å². The van der Waals surface area contributed by atoms with Crippen molar-refractivity contribution in [1.29, 1.82) is 0 Å². The Morgan fingerprint density at radius 3 is 1.91 bits per heavy atom. The van der Waals surface area contributed by atoms with Crippen LogP contribution in [0.25, 0.3) is 33.8 Å². The van der Waals surface area contributed by atoms with Gasteiger partial charge in [0.25, 0.3) is 11.8 Å². The number of hydrogen-bond acceptors (Lipinski definition) is 16. The smallest absolute Gasteiger partial charge is 0.387 e. The highest BCUT2D eigenvalue weighted by Gasteiger charge is 2.25. The van der Waals surface area contributed by atoms with E-state index in [1.807, 2.05) is 36.4 Å². The lowest BCUT2D eigenvalue weighted by Crippen LogP contribution is -2.34. The molecular weight excluding hydrogens is 1060 g/mol. The number of anilines is 2. The van der Waals surface area contributed by atoms with Crippen LogP contribution in [0.15, 0.2) is 147 Å². The predicted octanol–water partition coefficient (Wildman–Crippen LogP) is 8.86. The van der Waals surface area contributed by atoms with Gasteiger partial charge >= 0.3 is 13.2 Å². The van der Waals surface area contributed by atoms with Crippen molar-refractivity contribution in [1.82, 2.24) is 59.8 Å². The first-order valence-corrected chi connectivity index (χ1v) is 25.1. The Hall–Kier alpha value is -9.76. The molecule has 26 heteroatoms. The fraction of sp³-hybridized carbons (Fsp3) is 0.200. The molecule has 0 aliphatic carbocycles. The molecule has 414 valence electrons. The summed E-state index contributed by atoms with van der Waals surface area (Å²) in [5, 5.41) is 31.7. The van der Waals surface area contributed by atoms with Gasteiger partial charge in [0.2, 0.25) is 0 Å². The summed E-state index contributed by atoms with van der Waals surface area (Å²) in [4.78, 5) is 34.7. The fourth-order valence-corrected chi connectivity index (χ4v) is 9.05. The SMILES string of the molecule is Cn1cc(NC(=O)c2cnn3cccnc23)c(-c2cc(Oc3cccc([C@H]4COCCN4)c3)ccc2OC(F)F)n1.O=C(Nc1cn[nH]c1-c1cc(Oc2cccc([C@@H]3CNCCO3)c2)ccc1OC(F)F)c1cnn2cccnc12. The van der Waals surface area contributed by atoms with Crippen molar-refractivity contribution >= 4 is 34.5 Å². The summed E-state index contributed by atoms with van der Waals surface area (Å²) in [7, 11) is 1.65. The van der Waals surface area contributed by atoms with Crippen molar-refractivity contribution in [2.24, 2.45) is 7.05 Å². The fourth-order valence-electron chi connectivity index (χ4n) is 9.05. The van der Waals surface area contributed by atoms with Gasteiger partial charge < -0.3 is 49.7 Å². The minimum Gasteiger partial charge on any atom is -0.457 e. The second-order valence-electron chi connectivity index (χ2n) is 18.1. The molecule has 2 fully saturated rings. The number of aromatic nitrogens is 10. The minimum atomic E-state index is -3.07. The molecule has 2 aliphatic heterocycles. The van der Waals surface area contributed by atoms with Crippen LogP contribution in [0.5, 0.6) is 34.5 Å². The van der Waals surface area contributed by atoms with E-state index in [4.69, 9.17) is 28.4 Å². The van der Waals surface area contributed by atoms with E-state index in [-0.39, 0.29) is 68.7 Å². The number of benzene rings is 4. The molecule has 81 heavy (non-hydrogen) atoms. The van der Waals surface area contributed by atoms with E-state index in [0.717, 1.165) is 24.2 Å². The molecule has 2 saturated heterocycles. The number of carbonyl (C=O) groups excluding carboxylic acids is 2. The van der Waals surface area contributed by atoms with Crippen LogP contribution in [-0.4, -0.2) is 114 Å². The number of aromatic amines is 1. The van der Waals surface area contributed by atoms with Crippen LogP contribution >= 0.6 is 0 Å². The number of carbonyl (C=O) groups is 2. The third kappa shape index (κ3) is 12.4. The van der Waals surface area contributed by atoms with Gasteiger partial charge in [-0.05, 0) is 83.9 Å². The van der Waals surface area contributed by atoms with E-state index in [9.17, 15) is 27.2 Å². The molecule has 2 aliphatic rings. The summed E-state index contributed by atoms with van der Waals surface area (Å²) in [6.07, 6.45) is 12.1. The number of aryl methyl sites for hydroxylation is 1. The summed E-state index contributed by atoms with van der Waals surface area (Å²) in [5.74, 6) is 0.561. The highest BCUT2D eigenvalue weighted by Crippen LogP contribution is 2.41. The number of amides is 2. The molecule has 4 aromatic carbocycles. The van der Waals surface area contributed by atoms with Crippen molar-refractivity contribution in [3.63, 3.8) is 0 Å². The maximum atomic E-state index is 13.4. The third-order valence-electron chi connectivity index (χ3n) is 12.7. The first-order chi connectivity index (χ1) is 39.5. The van der Waals surface area contributed by atoms with Crippen molar-refractivity contribution in [3.05, 3.63) is 169 Å². The maximum absolute atomic E-state index is 13.4. The average molecular weight is 1110 g/mol. The molecule has 0 unspecified atom stereocenters. The Bertz CT molecular complexity index is 3840. The molecule has 6 aromatic heterocycles. The number of ether oxygens (including phenoxy) is 6. The highest BCUT2D eigenvalue weighted by atomic mass is 19.3. The second-order valence-corrected chi connectivity index (χ2v) is 18.1. The van der Waals surface area contributed by atoms with Gasteiger partial charge in [-0.25, -0.2) is 19.0 Å². The summed E-state index contributed by atoms with van der Waals surface area (Å²) >= 11 is 0. The lowest BCUT2D eigenvalue weighted by molar-refractivity contribution is -0.0501. The Labute approximate surface area is 456 Å². The number of nitrogens with one attached hydrogen (secondary N) is 5. The van der Waals surface area contributed by atoms with Gasteiger partial charge in [0, 0.05) is 63.2 Å². The van der Waals surface area contributed by atoms with E-state index in [1.54, 1.807) is 68.4 Å². The molecular formula is C55H48F4N14O8. The number of alkyl halides is 4. The molecule has 22 nitrogen and oxygen atoms in total. The second kappa shape index (κ2) is 24.1. The van der Waals surface area contributed by atoms with Crippen LogP contribution in [0.4, 0.5) is 28.9 Å². The number of morpholine rings is 2. The molecule has 10 aromatic rings. The van der Waals surface area contributed by atoms with Crippen LogP contribution < -0.4 is 40.2 Å². The zero-order valence-electron chi connectivity index (χ0n) is 42.7. The van der Waals surface area contributed by atoms with Gasteiger partial charge in [0.15, 0.2) is 11.3 Å². The largest absolute Gasteiger partial charge is 0.457 e. The summed E-state index contributed by atoms with van der Waals surface area (Å²) in [6, 6.07) is 27.3. The van der Waals surface area contributed by atoms with Gasteiger partial charge in [0.05, 0.1) is 73.2 Å². The number of fused-ring (bicyclic) bond motifs is 2. The monoisotopic (exact) mass is 1110 g/mol. The molecule has 5 N–H and O–H groups in total. The summed E-state index contributed by atoms with van der Waals surface area (Å²) < 4.78 is 90.8. The number of H-pyrrole nitrogens is 1. The van der Waals surface area contributed by atoms with E-state index in [1.165, 1.54) is 62.6 Å². The molecule has 0 radical (unpaired) electrons. The van der Waals surface area contributed by atoms with Crippen LogP contribution in [0, 0.1) is 0 Å². The third-order valence-corrected chi connectivity index (χ3v) is 12.7. The minimum absolute atomic E-state index is 0.0349. The quantitative estimate of drug-likeness (QED) is 0.0567. The predicted molar refractivity (Wildman–Crippen MR) is 284 cm³/mol. The number of halogens is 4. The summed E-state index contributed by atoms with van der Waals surface area (Å²) in [5.41, 5.74) is 4.51. The van der Waals surface area contributed by atoms with Crippen LogP contribution in [0.1, 0.15) is 44.0 Å². The zero-order chi connectivity index (χ0) is 55.8. The van der Waals surface area contributed by atoms with E-state index >= 15 is 0 Å². The topological polar surface area (TPSA) is 245 Å². The molecule has 12 rings (SSSR count). The van der Waals surface area contributed by atoms with E-state index < -0.39 is 25.0 Å². The van der Waals surface area contributed by atoms with Gasteiger partial charge in [-0.15, -0.1) is 0 Å². The molecule has 0 saturated carbocycles. The van der Waals surface area contributed by atoms with Crippen molar-refractivity contribution in [2.45, 2.75) is 25.4 Å². The lowest BCUT2D eigenvalue weighted by Gasteiger charge is -2.24. The maximum Gasteiger partial charge on any atom is 0.387 e. The average Bonchev–Trinajstić information content (AvgIpc) is 4.32. The van der Waals surface area contributed by atoms with Gasteiger partial charge in [-0.1, -0.05) is 24.3 Å². The Kier molecular flexibility index (Phi) is 15.8.